The molecule has 0 amide bonds. The molecule has 3 fully saturated rings. The van der Waals surface area contributed by atoms with Crippen molar-refractivity contribution in [3.63, 3.8) is 0 Å². The summed E-state index contributed by atoms with van der Waals surface area (Å²) < 4.78 is 32.8. The van der Waals surface area contributed by atoms with E-state index in [9.17, 15) is 0 Å². The van der Waals surface area contributed by atoms with Gasteiger partial charge in [0.25, 0.3) is 0 Å². The predicted octanol–water partition coefficient (Wildman–Crippen LogP) is 4.54. The van der Waals surface area contributed by atoms with E-state index in [-0.39, 0.29) is 0 Å². The summed E-state index contributed by atoms with van der Waals surface area (Å²) in [5.41, 5.74) is 5.64. The molecule has 6 heteroatoms. The van der Waals surface area contributed by atoms with Crippen LogP contribution in [-0.4, -0.2) is 77.8 Å². The minimum Gasteiger partial charge on any atom is -0.379 e. The van der Waals surface area contributed by atoms with Crippen molar-refractivity contribution in [1.82, 2.24) is 0 Å². The topological polar surface area (TPSA) is 65.3 Å². The third kappa shape index (κ3) is 11.1. The summed E-state index contributed by atoms with van der Waals surface area (Å²) in [6, 6.07) is 4.83. The Bertz CT molecular complexity index is 709. The number of hydrogen-bond acceptors (Lipinski definition) is 6. The second-order valence-corrected chi connectivity index (χ2v) is 9.99. The van der Waals surface area contributed by atoms with Gasteiger partial charge in [-0.25, -0.2) is 0 Å². The zero-order valence-corrected chi connectivity index (χ0v) is 21.3. The molecule has 1 aromatic rings. The Hall–Kier alpha value is -1.28. The number of benzene rings is 1. The molecular weight excluding hydrogens is 444 g/mol. The SMILES string of the molecule is C=Cc1c(CCCCOCC2CO2)cc(CCCCOCC2CO2)cc1CCCCOCC1CO1. The van der Waals surface area contributed by atoms with Crippen LogP contribution in [0.4, 0.5) is 0 Å². The molecular formula is C29H44O6. The fourth-order valence-corrected chi connectivity index (χ4v) is 4.38. The molecule has 0 radical (unpaired) electrons. The van der Waals surface area contributed by atoms with Gasteiger partial charge in [-0.3, -0.25) is 0 Å². The molecule has 0 bridgehead atoms. The van der Waals surface area contributed by atoms with Gasteiger partial charge >= 0.3 is 0 Å². The van der Waals surface area contributed by atoms with E-state index in [2.05, 4.69) is 24.8 Å². The lowest BCUT2D eigenvalue weighted by molar-refractivity contribution is 0.113. The third-order valence-corrected chi connectivity index (χ3v) is 6.71. The van der Waals surface area contributed by atoms with Crippen LogP contribution < -0.4 is 0 Å². The summed E-state index contributed by atoms with van der Waals surface area (Å²) in [5, 5.41) is 0. The summed E-state index contributed by atoms with van der Waals surface area (Å²) in [5.74, 6) is 0. The minimum atomic E-state index is 0.349. The van der Waals surface area contributed by atoms with Crippen LogP contribution in [0.25, 0.3) is 6.08 Å². The maximum absolute atomic E-state index is 5.72. The Morgan fingerprint density at radius 3 is 1.43 bits per heavy atom. The van der Waals surface area contributed by atoms with Gasteiger partial charge in [0.1, 0.15) is 18.3 Å². The molecule has 3 aliphatic heterocycles. The van der Waals surface area contributed by atoms with E-state index < -0.39 is 0 Å². The van der Waals surface area contributed by atoms with Crippen LogP contribution in [-0.2, 0) is 47.7 Å². The number of epoxide rings is 3. The molecule has 4 rings (SSSR count). The standard InChI is InChI=1S/C29H44O6/c1-2-29-24(10-4-7-13-31-18-27-21-34-27)15-23(9-3-6-12-30-17-26-20-33-26)16-25(29)11-5-8-14-32-19-28-22-35-28/h2,15-16,26-28H,1,3-14,17-22H2. The average Bonchev–Trinajstić information content (AvgIpc) is 3.70. The van der Waals surface area contributed by atoms with Crippen LogP contribution in [0.5, 0.6) is 0 Å². The van der Waals surface area contributed by atoms with Crippen molar-refractivity contribution >= 4 is 6.08 Å². The molecule has 3 aliphatic rings. The van der Waals surface area contributed by atoms with Gasteiger partial charge in [0.05, 0.1) is 39.6 Å². The van der Waals surface area contributed by atoms with Crippen molar-refractivity contribution in [2.75, 3.05) is 59.5 Å². The van der Waals surface area contributed by atoms with Crippen LogP contribution in [0.15, 0.2) is 18.7 Å². The first kappa shape index (κ1) is 26.8. The highest BCUT2D eigenvalue weighted by Gasteiger charge is 2.23. The molecule has 0 saturated carbocycles. The maximum atomic E-state index is 5.72. The molecule has 3 atom stereocenters. The molecule has 1 aromatic carbocycles. The van der Waals surface area contributed by atoms with E-state index in [1.54, 1.807) is 0 Å². The highest BCUT2D eigenvalue weighted by Crippen LogP contribution is 2.24. The molecule has 0 aliphatic carbocycles. The lowest BCUT2D eigenvalue weighted by Crippen LogP contribution is -2.05. The van der Waals surface area contributed by atoms with E-state index in [4.69, 9.17) is 28.4 Å². The lowest BCUT2D eigenvalue weighted by Gasteiger charge is -2.16. The molecule has 0 spiro atoms. The number of unbranched alkanes of at least 4 members (excludes halogenated alkanes) is 3. The Balaban J connectivity index is 1.24. The molecule has 3 unspecified atom stereocenters. The van der Waals surface area contributed by atoms with Crippen LogP contribution in [0.1, 0.15) is 60.8 Å². The first-order valence-electron chi connectivity index (χ1n) is 13.7. The van der Waals surface area contributed by atoms with Gasteiger partial charge in [0.2, 0.25) is 0 Å². The van der Waals surface area contributed by atoms with Gasteiger partial charge in [-0.15, -0.1) is 0 Å². The number of aryl methyl sites for hydroxylation is 3. The van der Waals surface area contributed by atoms with Gasteiger partial charge in [0, 0.05) is 19.8 Å². The summed E-state index contributed by atoms with van der Waals surface area (Å²) in [6.45, 7) is 11.4. The van der Waals surface area contributed by atoms with E-state index in [0.717, 1.165) is 117 Å². The molecule has 196 valence electrons. The normalized spacial score (nSPS) is 22.3. The predicted molar refractivity (Wildman–Crippen MR) is 137 cm³/mol. The van der Waals surface area contributed by atoms with Gasteiger partial charge in [-0.1, -0.05) is 24.8 Å². The van der Waals surface area contributed by atoms with Crippen molar-refractivity contribution in [3.8, 4) is 0 Å². The summed E-state index contributed by atoms with van der Waals surface area (Å²) >= 11 is 0. The lowest BCUT2D eigenvalue weighted by atomic mass is 9.90. The Labute approximate surface area is 211 Å². The van der Waals surface area contributed by atoms with Gasteiger partial charge in [0.15, 0.2) is 0 Å². The summed E-state index contributed by atoms with van der Waals surface area (Å²) in [7, 11) is 0. The highest BCUT2D eigenvalue weighted by molar-refractivity contribution is 5.58. The minimum absolute atomic E-state index is 0.349. The molecule has 0 aromatic heterocycles. The van der Waals surface area contributed by atoms with E-state index >= 15 is 0 Å². The monoisotopic (exact) mass is 488 g/mol. The van der Waals surface area contributed by atoms with Crippen LogP contribution >= 0.6 is 0 Å². The molecule has 3 heterocycles. The number of ether oxygens (including phenoxy) is 6. The van der Waals surface area contributed by atoms with Crippen molar-refractivity contribution in [2.24, 2.45) is 0 Å². The number of rotatable bonds is 22. The largest absolute Gasteiger partial charge is 0.379 e. The quantitative estimate of drug-likeness (QED) is 0.176. The van der Waals surface area contributed by atoms with Crippen LogP contribution in [0, 0.1) is 0 Å². The molecule has 0 N–H and O–H groups in total. The fourth-order valence-electron chi connectivity index (χ4n) is 4.38. The average molecular weight is 489 g/mol. The molecule has 35 heavy (non-hydrogen) atoms. The first-order valence-corrected chi connectivity index (χ1v) is 13.7. The van der Waals surface area contributed by atoms with Gasteiger partial charge in [-0.05, 0) is 80.0 Å². The Kier molecular flexibility index (Phi) is 11.5. The Morgan fingerprint density at radius 1 is 0.657 bits per heavy atom. The third-order valence-electron chi connectivity index (χ3n) is 6.71. The van der Waals surface area contributed by atoms with Crippen molar-refractivity contribution in [1.29, 1.82) is 0 Å². The van der Waals surface area contributed by atoms with Gasteiger partial charge in [-0.2, -0.15) is 0 Å². The van der Waals surface area contributed by atoms with Crippen LogP contribution in [0.2, 0.25) is 0 Å². The van der Waals surface area contributed by atoms with Gasteiger partial charge < -0.3 is 28.4 Å². The van der Waals surface area contributed by atoms with Crippen molar-refractivity contribution < 1.29 is 28.4 Å². The zero-order valence-electron chi connectivity index (χ0n) is 21.3. The van der Waals surface area contributed by atoms with Crippen molar-refractivity contribution in [2.45, 2.75) is 76.1 Å². The van der Waals surface area contributed by atoms with E-state index in [1.807, 2.05) is 0 Å². The number of hydrogen-bond donors (Lipinski definition) is 0. The zero-order chi connectivity index (χ0) is 24.1. The maximum Gasteiger partial charge on any atom is 0.104 e. The summed E-state index contributed by atoms with van der Waals surface area (Å²) in [4.78, 5) is 0. The van der Waals surface area contributed by atoms with E-state index in [1.165, 1.54) is 22.3 Å². The van der Waals surface area contributed by atoms with E-state index in [0.29, 0.717) is 18.3 Å². The van der Waals surface area contributed by atoms with Crippen molar-refractivity contribution in [3.05, 3.63) is 41.0 Å². The second kappa shape index (κ2) is 15.1. The van der Waals surface area contributed by atoms with Crippen LogP contribution in [0.3, 0.4) is 0 Å². The smallest absolute Gasteiger partial charge is 0.104 e. The second-order valence-electron chi connectivity index (χ2n) is 9.99. The molecule has 6 nitrogen and oxygen atoms in total. The summed E-state index contributed by atoms with van der Waals surface area (Å²) in [6.07, 6.45) is 13.0. The highest BCUT2D eigenvalue weighted by atomic mass is 16.6. The fraction of sp³-hybridized carbons (Fsp3) is 0.724. The Morgan fingerprint density at radius 2 is 1.06 bits per heavy atom. The first-order chi connectivity index (χ1) is 17.3. The molecule has 3 saturated heterocycles.